The predicted octanol–water partition coefficient (Wildman–Crippen LogP) is 3.56. The van der Waals surface area contributed by atoms with E-state index in [1.807, 2.05) is 0 Å². The zero-order valence-corrected chi connectivity index (χ0v) is 13.9. The van der Waals surface area contributed by atoms with Gasteiger partial charge in [0.2, 0.25) is 0 Å². The van der Waals surface area contributed by atoms with Gasteiger partial charge >= 0.3 is 6.18 Å². The van der Waals surface area contributed by atoms with Gasteiger partial charge in [0.1, 0.15) is 23.7 Å². The number of rotatable bonds is 5. The number of amides is 1. The highest BCUT2D eigenvalue weighted by atomic mass is 19.4. The summed E-state index contributed by atoms with van der Waals surface area (Å²) in [5.74, 6) is 0.415. The Hall–Kier alpha value is -3.49. The number of pyridine rings is 1. The van der Waals surface area contributed by atoms with Crippen LogP contribution in [0.3, 0.4) is 0 Å². The third kappa shape index (κ3) is 5.00. The highest BCUT2D eigenvalue weighted by Crippen LogP contribution is 2.29. The molecule has 0 aliphatic carbocycles. The molecule has 0 saturated carbocycles. The minimum absolute atomic E-state index is 0.0476. The molecule has 0 saturated heterocycles. The van der Waals surface area contributed by atoms with Crippen molar-refractivity contribution in [1.82, 2.24) is 20.3 Å². The van der Waals surface area contributed by atoms with Crippen LogP contribution in [-0.4, -0.2) is 20.9 Å². The average molecular weight is 373 g/mol. The minimum atomic E-state index is -4.43. The third-order valence-corrected chi connectivity index (χ3v) is 3.53. The van der Waals surface area contributed by atoms with Crippen molar-refractivity contribution in [3.05, 3.63) is 77.9 Å². The molecule has 0 bridgehead atoms. The number of carbonyl (C=O) groups excluding carboxylic acids is 1. The molecular formula is C18H14F3N5O. The van der Waals surface area contributed by atoms with Crippen LogP contribution in [-0.2, 0) is 12.7 Å². The van der Waals surface area contributed by atoms with Crippen molar-refractivity contribution >= 4 is 17.5 Å². The molecule has 0 unspecified atom stereocenters. The number of aromatic nitrogens is 3. The summed E-state index contributed by atoms with van der Waals surface area (Å²) in [6.07, 6.45) is -1.50. The number of benzene rings is 1. The van der Waals surface area contributed by atoms with Crippen LogP contribution in [0.15, 0.2) is 61.1 Å². The van der Waals surface area contributed by atoms with E-state index in [0.717, 1.165) is 12.1 Å². The second-order valence-corrected chi connectivity index (χ2v) is 5.51. The number of hydrogen-bond acceptors (Lipinski definition) is 5. The normalized spacial score (nSPS) is 11.1. The first-order chi connectivity index (χ1) is 12.9. The van der Waals surface area contributed by atoms with E-state index in [2.05, 4.69) is 25.6 Å². The Bertz CT molecular complexity index is 932. The molecule has 0 fully saturated rings. The van der Waals surface area contributed by atoms with E-state index in [4.69, 9.17) is 0 Å². The zero-order valence-electron chi connectivity index (χ0n) is 13.9. The van der Waals surface area contributed by atoms with Gasteiger partial charge in [0.25, 0.3) is 5.91 Å². The molecule has 2 N–H and O–H groups in total. The summed E-state index contributed by atoms with van der Waals surface area (Å²) in [5, 5.41) is 5.49. The standard InChI is InChI=1S/C18H14F3N5O/c19-18(20,21)13-4-1-3-12(9-13)10-23-17(27)14-5-2-6-16(25-14)26-15-7-8-22-11-24-15/h1-9,11H,10H2,(H,23,27)(H,22,24,25,26). The van der Waals surface area contributed by atoms with Gasteiger partial charge in [0.05, 0.1) is 5.56 Å². The van der Waals surface area contributed by atoms with Crippen LogP contribution in [0.1, 0.15) is 21.6 Å². The Morgan fingerprint density at radius 3 is 2.59 bits per heavy atom. The van der Waals surface area contributed by atoms with Crippen LogP contribution < -0.4 is 10.6 Å². The van der Waals surface area contributed by atoms with Crippen molar-refractivity contribution in [1.29, 1.82) is 0 Å². The second kappa shape index (κ2) is 7.81. The Labute approximate surface area is 152 Å². The first kappa shape index (κ1) is 18.3. The molecule has 3 rings (SSSR count). The van der Waals surface area contributed by atoms with Crippen LogP contribution in [0.4, 0.5) is 24.8 Å². The van der Waals surface area contributed by atoms with E-state index in [-0.39, 0.29) is 12.2 Å². The van der Waals surface area contributed by atoms with Crippen LogP contribution >= 0.6 is 0 Å². The number of alkyl halides is 3. The van der Waals surface area contributed by atoms with E-state index in [0.29, 0.717) is 17.2 Å². The molecule has 9 heteroatoms. The summed E-state index contributed by atoms with van der Waals surface area (Å²) in [7, 11) is 0. The van der Waals surface area contributed by atoms with Crippen molar-refractivity contribution < 1.29 is 18.0 Å². The number of halogens is 3. The molecule has 0 spiro atoms. The Balaban J connectivity index is 1.66. The van der Waals surface area contributed by atoms with E-state index in [9.17, 15) is 18.0 Å². The molecule has 1 aromatic carbocycles. The Morgan fingerprint density at radius 2 is 1.85 bits per heavy atom. The number of carbonyl (C=O) groups is 1. The second-order valence-electron chi connectivity index (χ2n) is 5.51. The van der Waals surface area contributed by atoms with Crippen molar-refractivity contribution in [2.45, 2.75) is 12.7 Å². The van der Waals surface area contributed by atoms with E-state index in [1.165, 1.54) is 24.5 Å². The highest BCUT2D eigenvalue weighted by molar-refractivity contribution is 5.92. The molecule has 0 aliphatic heterocycles. The van der Waals surface area contributed by atoms with Crippen molar-refractivity contribution in [3.8, 4) is 0 Å². The van der Waals surface area contributed by atoms with Gasteiger partial charge in [0, 0.05) is 12.7 Å². The van der Waals surface area contributed by atoms with Gasteiger partial charge in [-0.2, -0.15) is 13.2 Å². The summed E-state index contributed by atoms with van der Waals surface area (Å²) < 4.78 is 38.2. The first-order valence-corrected chi connectivity index (χ1v) is 7.86. The van der Waals surface area contributed by atoms with Gasteiger partial charge in [-0.1, -0.05) is 18.2 Å². The lowest BCUT2D eigenvalue weighted by Crippen LogP contribution is -2.24. The first-order valence-electron chi connectivity index (χ1n) is 7.86. The van der Waals surface area contributed by atoms with Crippen LogP contribution in [0, 0.1) is 0 Å². The smallest absolute Gasteiger partial charge is 0.347 e. The third-order valence-electron chi connectivity index (χ3n) is 3.53. The van der Waals surface area contributed by atoms with Gasteiger partial charge in [-0.25, -0.2) is 15.0 Å². The number of hydrogen-bond donors (Lipinski definition) is 2. The van der Waals surface area contributed by atoms with Gasteiger partial charge in [-0.3, -0.25) is 4.79 Å². The van der Waals surface area contributed by atoms with Crippen LogP contribution in [0.25, 0.3) is 0 Å². The molecule has 0 atom stereocenters. The summed E-state index contributed by atoms with van der Waals surface area (Å²) in [4.78, 5) is 24.2. The quantitative estimate of drug-likeness (QED) is 0.715. The van der Waals surface area contributed by atoms with Crippen molar-refractivity contribution in [2.75, 3.05) is 5.32 Å². The fraction of sp³-hybridized carbons (Fsp3) is 0.111. The maximum Gasteiger partial charge on any atom is 0.416 e. The summed E-state index contributed by atoms with van der Waals surface area (Å²) in [6.45, 7) is -0.0476. The molecule has 0 aliphatic rings. The zero-order chi connectivity index (χ0) is 19.3. The fourth-order valence-electron chi connectivity index (χ4n) is 2.26. The van der Waals surface area contributed by atoms with Gasteiger partial charge in [-0.05, 0) is 35.9 Å². The lowest BCUT2D eigenvalue weighted by molar-refractivity contribution is -0.137. The van der Waals surface area contributed by atoms with Crippen LogP contribution in [0.5, 0.6) is 0 Å². The minimum Gasteiger partial charge on any atom is -0.347 e. The number of nitrogens with zero attached hydrogens (tertiary/aromatic N) is 3. The van der Waals surface area contributed by atoms with E-state index >= 15 is 0 Å². The Morgan fingerprint density at radius 1 is 1.04 bits per heavy atom. The maximum absolute atomic E-state index is 12.7. The summed E-state index contributed by atoms with van der Waals surface area (Å²) in [6, 6.07) is 11.2. The predicted molar refractivity (Wildman–Crippen MR) is 92.2 cm³/mol. The maximum atomic E-state index is 12.7. The molecule has 138 valence electrons. The summed E-state index contributed by atoms with van der Waals surface area (Å²) >= 11 is 0. The van der Waals surface area contributed by atoms with Crippen molar-refractivity contribution in [2.24, 2.45) is 0 Å². The topological polar surface area (TPSA) is 79.8 Å². The number of nitrogens with one attached hydrogen (secondary N) is 2. The van der Waals surface area contributed by atoms with Gasteiger partial charge < -0.3 is 10.6 Å². The average Bonchev–Trinajstić information content (AvgIpc) is 2.67. The molecule has 6 nitrogen and oxygen atoms in total. The molecular weight excluding hydrogens is 359 g/mol. The highest BCUT2D eigenvalue weighted by Gasteiger charge is 2.30. The largest absolute Gasteiger partial charge is 0.416 e. The van der Waals surface area contributed by atoms with Gasteiger partial charge in [0.15, 0.2) is 0 Å². The molecule has 2 heterocycles. The SMILES string of the molecule is O=C(NCc1cccc(C(F)(F)F)c1)c1cccc(Nc2ccncn2)n1. The summed E-state index contributed by atoms with van der Waals surface area (Å²) in [5.41, 5.74) is -0.294. The fourth-order valence-corrected chi connectivity index (χ4v) is 2.26. The number of anilines is 2. The Kier molecular flexibility index (Phi) is 5.30. The van der Waals surface area contributed by atoms with E-state index < -0.39 is 17.6 Å². The molecule has 27 heavy (non-hydrogen) atoms. The molecule has 3 aromatic rings. The van der Waals surface area contributed by atoms with Gasteiger partial charge in [-0.15, -0.1) is 0 Å². The molecule has 1 amide bonds. The van der Waals surface area contributed by atoms with Crippen molar-refractivity contribution in [3.63, 3.8) is 0 Å². The lowest BCUT2D eigenvalue weighted by atomic mass is 10.1. The lowest BCUT2D eigenvalue weighted by Gasteiger charge is -2.10. The molecule has 2 aromatic heterocycles. The monoisotopic (exact) mass is 373 g/mol. The van der Waals surface area contributed by atoms with Crippen LogP contribution in [0.2, 0.25) is 0 Å². The molecule has 0 radical (unpaired) electrons. The van der Waals surface area contributed by atoms with E-state index in [1.54, 1.807) is 24.4 Å².